The first-order valence-corrected chi connectivity index (χ1v) is 8.08. The quantitative estimate of drug-likeness (QED) is 0.792. The monoisotopic (exact) mass is 282 g/mol. The summed E-state index contributed by atoms with van der Waals surface area (Å²) in [4.78, 5) is 5.04. The zero-order valence-corrected chi connectivity index (χ0v) is 13.4. The molecule has 3 aliphatic rings. The molecule has 4 nitrogen and oxygen atoms in total. The van der Waals surface area contributed by atoms with E-state index in [1.165, 1.54) is 25.8 Å². The van der Waals surface area contributed by atoms with Crippen LogP contribution in [0.4, 0.5) is 0 Å². The fourth-order valence-electron chi connectivity index (χ4n) is 4.79. The summed E-state index contributed by atoms with van der Waals surface area (Å²) in [7, 11) is 0. The molecule has 0 N–H and O–H groups in total. The standard InChI is InChI=1S/C16H30N2O2/c1-15(2)8-14(18-5-7-20-13-18)9-16(3,10-15)11-17-4-6-19-12-17/h14H,4-13H2,1-3H3. The van der Waals surface area contributed by atoms with Crippen molar-refractivity contribution in [2.24, 2.45) is 10.8 Å². The minimum absolute atomic E-state index is 0.405. The van der Waals surface area contributed by atoms with E-state index in [4.69, 9.17) is 9.47 Å². The normalized spacial score (nSPS) is 39.5. The predicted octanol–water partition coefficient (Wildman–Crippen LogP) is 2.15. The zero-order chi connectivity index (χ0) is 14.2. The van der Waals surface area contributed by atoms with Gasteiger partial charge in [0.25, 0.3) is 0 Å². The second-order valence-electron chi connectivity index (χ2n) is 8.15. The predicted molar refractivity (Wildman–Crippen MR) is 79.4 cm³/mol. The number of ether oxygens (including phenoxy) is 2. The Labute approximate surface area is 123 Å². The van der Waals surface area contributed by atoms with Gasteiger partial charge in [0.1, 0.15) is 0 Å². The molecule has 3 fully saturated rings. The van der Waals surface area contributed by atoms with E-state index in [0.717, 1.165) is 39.8 Å². The third kappa shape index (κ3) is 3.35. The van der Waals surface area contributed by atoms with Gasteiger partial charge in [0.2, 0.25) is 0 Å². The van der Waals surface area contributed by atoms with Gasteiger partial charge >= 0.3 is 0 Å². The van der Waals surface area contributed by atoms with Gasteiger partial charge in [-0.25, -0.2) is 0 Å². The maximum absolute atomic E-state index is 5.58. The summed E-state index contributed by atoms with van der Waals surface area (Å²) in [6.45, 7) is 14.2. The van der Waals surface area contributed by atoms with Gasteiger partial charge in [-0.3, -0.25) is 9.80 Å². The Hall–Kier alpha value is -0.160. The van der Waals surface area contributed by atoms with Crippen molar-refractivity contribution >= 4 is 0 Å². The summed E-state index contributed by atoms with van der Waals surface area (Å²) < 4.78 is 11.1. The molecular weight excluding hydrogens is 252 g/mol. The average molecular weight is 282 g/mol. The molecule has 2 heterocycles. The highest BCUT2D eigenvalue weighted by Gasteiger charge is 2.44. The topological polar surface area (TPSA) is 24.9 Å². The van der Waals surface area contributed by atoms with E-state index >= 15 is 0 Å². The maximum atomic E-state index is 5.58. The van der Waals surface area contributed by atoms with Gasteiger partial charge in [-0.2, -0.15) is 0 Å². The van der Waals surface area contributed by atoms with Crippen molar-refractivity contribution in [2.45, 2.75) is 46.1 Å². The van der Waals surface area contributed by atoms with Crippen molar-refractivity contribution in [1.82, 2.24) is 9.80 Å². The molecule has 116 valence electrons. The number of hydrogen-bond donors (Lipinski definition) is 0. The Morgan fingerprint density at radius 1 is 1.00 bits per heavy atom. The van der Waals surface area contributed by atoms with Gasteiger partial charge in [0.05, 0.1) is 26.7 Å². The second kappa shape index (κ2) is 5.56. The van der Waals surface area contributed by atoms with Crippen molar-refractivity contribution < 1.29 is 9.47 Å². The zero-order valence-electron chi connectivity index (χ0n) is 13.4. The highest BCUT2D eigenvalue weighted by atomic mass is 16.5. The van der Waals surface area contributed by atoms with Gasteiger partial charge in [0, 0.05) is 25.7 Å². The summed E-state index contributed by atoms with van der Waals surface area (Å²) in [5, 5.41) is 0. The molecule has 2 atom stereocenters. The number of hydrogen-bond acceptors (Lipinski definition) is 4. The van der Waals surface area contributed by atoms with E-state index in [2.05, 4.69) is 30.6 Å². The van der Waals surface area contributed by atoms with E-state index in [9.17, 15) is 0 Å². The van der Waals surface area contributed by atoms with Crippen LogP contribution in [0.3, 0.4) is 0 Å². The van der Waals surface area contributed by atoms with Gasteiger partial charge in [0.15, 0.2) is 0 Å². The molecule has 2 unspecified atom stereocenters. The van der Waals surface area contributed by atoms with Crippen LogP contribution >= 0.6 is 0 Å². The van der Waals surface area contributed by atoms with E-state index in [-0.39, 0.29) is 0 Å². The van der Waals surface area contributed by atoms with Crippen molar-refractivity contribution in [1.29, 1.82) is 0 Å². The first-order valence-electron chi connectivity index (χ1n) is 8.08. The fourth-order valence-corrected chi connectivity index (χ4v) is 4.79. The Kier molecular flexibility index (Phi) is 4.10. The molecule has 2 aliphatic heterocycles. The summed E-state index contributed by atoms with van der Waals surface area (Å²) >= 11 is 0. The van der Waals surface area contributed by atoms with Crippen LogP contribution in [-0.2, 0) is 9.47 Å². The van der Waals surface area contributed by atoms with E-state index in [1.807, 2.05) is 0 Å². The second-order valence-corrected chi connectivity index (χ2v) is 8.15. The molecule has 0 aromatic heterocycles. The van der Waals surface area contributed by atoms with Crippen molar-refractivity contribution in [3.63, 3.8) is 0 Å². The molecule has 0 bridgehead atoms. The third-order valence-corrected chi connectivity index (χ3v) is 5.15. The lowest BCUT2D eigenvalue weighted by Gasteiger charge is -2.50. The molecule has 0 aromatic carbocycles. The molecule has 20 heavy (non-hydrogen) atoms. The molecule has 1 saturated carbocycles. The molecule has 0 aromatic rings. The number of rotatable bonds is 3. The van der Waals surface area contributed by atoms with Crippen LogP contribution in [0.25, 0.3) is 0 Å². The lowest BCUT2D eigenvalue weighted by atomic mass is 9.62. The SMILES string of the molecule is CC1(C)CC(N2CCOC2)CC(C)(CN2CCOC2)C1. The molecular formula is C16H30N2O2. The summed E-state index contributed by atoms with van der Waals surface area (Å²) in [6.07, 6.45) is 3.93. The molecule has 0 spiro atoms. The van der Waals surface area contributed by atoms with Gasteiger partial charge in [-0.05, 0) is 30.1 Å². The first kappa shape index (κ1) is 14.8. The molecule has 2 saturated heterocycles. The molecule has 4 heteroatoms. The summed E-state index contributed by atoms with van der Waals surface area (Å²) in [5.74, 6) is 0. The van der Waals surface area contributed by atoms with Crippen LogP contribution in [0.5, 0.6) is 0 Å². The largest absolute Gasteiger partial charge is 0.365 e. The summed E-state index contributed by atoms with van der Waals surface area (Å²) in [6, 6.07) is 0.690. The van der Waals surface area contributed by atoms with Gasteiger partial charge < -0.3 is 9.47 Å². The maximum Gasteiger partial charge on any atom is 0.0994 e. The van der Waals surface area contributed by atoms with E-state index < -0.39 is 0 Å². The number of nitrogens with zero attached hydrogens (tertiary/aromatic N) is 2. The van der Waals surface area contributed by atoms with Crippen LogP contribution in [0, 0.1) is 10.8 Å². The highest BCUT2D eigenvalue weighted by molar-refractivity contribution is 4.96. The third-order valence-electron chi connectivity index (χ3n) is 5.15. The Bertz CT molecular complexity index is 335. The van der Waals surface area contributed by atoms with Crippen LogP contribution in [0.1, 0.15) is 40.0 Å². The Morgan fingerprint density at radius 3 is 2.40 bits per heavy atom. The lowest BCUT2D eigenvalue weighted by Crippen LogP contribution is -2.49. The highest BCUT2D eigenvalue weighted by Crippen LogP contribution is 2.48. The van der Waals surface area contributed by atoms with Crippen LogP contribution in [0.15, 0.2) is 0 Å². The summed E-state index contributed by atoms with van der Waals surface area (Å²) in [5.41, 5.74) is 0.837. The smallest absolute Gasteiger partial charge is 0.0994 e. The molecule has 3 rings (SSSR count). The van der Waals surface area contributed by atoms with Crippen molar-refractivity contribution in [3.05, 3.63) is 0 Å². The van der Waals surface area contributed by atoms with Gasteiger partial charge in [-0.1, -0.05) is 20.8 Å². The minimum atomic E-state index is 0.405. The molecule has 1 aliphatic carbocycles. The Balaban J connectivity index is 1.68. The molecule has 0 radical (unpaired) electrons. The minimum Gasteiger partial charge on any atom is -0.365 e. The van der Waals surface area contributed by atoms with Crippen molar-refractivity contribution in [3.8, 4) is 0 Å². The van der Waals surface area contributed by atoms with E-state index in [1.54, 1.807) is 0 Å². The van der Waals surface area contributed by atoms with Gasteiger partial charge in [-0.15, -0.1) is 0 Å². The van der Waals surface area contributed by atoms with Crippen LogP contribution < -0.4 is 0 Å². The van der Waals surface area contributed by atoms with Crippen LogP contribution in [-0.4, -0.2) is 62.2 Å². The first-order chi connectivity index (χ1) is 9.46. The fraction of sp³-hybridized carbons (Fsp3) is 1.00. The van der Waals surface area contributed by atoms with E-state index in [0.29, 0.717) is 16.9 Å². The average Bonchev–Trinajstić information content (AvgIpc) is 2.96. The molecule has 0 amide bonds. The van der Waals surface area contributed by atoms with Crippen LogP contribution in [0.2, 0.25) is 0 Å². The Morgan fingerprint density at radius 2 is 1.75 bits per heavy atom. The lowest BCUT2D eigenvalue weighted by molar-refractivity contribution is -0.0124. The van der Waals surface area contributed by atoms with Crippen molar-refractivity contribution in [2.75, 3.05) is 46.3 Å².